The number of imidazole rings is 1. The molecule has 0 spiro atoms. The highest BCUT2D eigenvalue weighted by Gasteiger charge is 2.25. The Morgan fingerprint density at radius 1 is 1.33 bits per heavy atom. The predicted octanol–water partition coefficient (Wildman–Crippen LogP) is 2.47. The molecule has 3 rings (SSSR count). The minimum absolute atomic E-state index is 0.0606. The molecular weight excluding hydrogens is 420 g/mol. The molecule has 1 aromatic heterocycles. The van der Waals surface area contributed by atoms with E-state index in [-0.39, 0.29) is 10.2 Å². The van der Waals surface area contributed by atoms with Crippen LogP contribution in [0.4, 0.5) is 11.4 Å². The van der Waals surface area contributed by atoms with Crippen LogP contribution in [0.15, 0.2) is 34.0 Å². The van der Waals surface area contributed by atoms with Crippen LogP contribution in [0.5, 0.6) is 0 Å². The number of benzene rings is 1. The molecule has 130 valence electrons. The van der Waals surface area contributed by atoms with E-state index < -0.39 is 10.0 Å². The van der Waals surface area contributed by atoms with E-state index in [1.165, 1.54) is 10.9 Å². The van der Waals surface area contributed by atoms with Gasteiger partial charge in [0, 0.05) is 24.6 Å². The van der Waals surface area contributed by atoms with Crippen molar-refractivity contribution >= 4 is 48.9 Å². The maximum absolute atomic E-state index is 12.7. The summed E-state index contributed by atoms with van der Waals surface area (Å²) in [7, 11) is -2.26. The summed E-state index contributed by atoms with van der Waals surface area (Å²) in [6.07, 6.45) is 1.36. The molecule has 1 aromatic carbocycles. The van der Waals surface area contributed by atoms with E-state index in [9.17, 15) is 8.42 Å². The van der Waals surface area contributed by atoms with Gasteiger partial charge in [-0.25, -0.2) is 4.98 Å². The number of anilines is 2. The van der Waals surface area contributed by atoms with Gasteiger partial charge in [0.25, 0.3) is 10.0 Å². The Morgan fingerprint density at radius 3 is 2.67 bits per heavy atom. The molecule has 7 nitrogen and oxygen atoms in total. The van der Waals surface area contributed by atoms with Crippen molar-refractivity contribution in [1.82, 2.24) is 9.55 Å². The maximum atomic E-state index is 12.7. The number of nitrogens with one attached hydrogen (secondary N) is 1. The third-order valence-electron chi connectivity index (χ3n) is 3.64. The Hall–Kier alpha value is -1.29. The van der Waals surface area contributed by atoms with Crippen molar-refractivity contribution in [2.24, 2.45) is 7.05 Å². The second kappa shape index (κ2) is 6.91. The summed E-state index contributed by atoms with van der Waals surface area (Å²) >= 11 is 9.40. The van der Waals surface area contributed by atoms with Crippen LogP contribution in [-0.4, -0.2) is 44.3 Å². The lowest BCUT2D eigenvalue weighted by atomic mass is 10.2. The summed E-state index contributed by atoms with van der Waals surface area (Å²) in [6.45, 7) is 2.60. The fraction of sp³-hybridized carbons (Fsp3) is 0.357. The predicted molar refractivity (Wildman–Crippen MR) is 96.2 cm³/mol. The van der Waals surface area contributed by atoms with Crippen molar-refractivity contribution in [3.63, 3.8) is 0 Å². The Labute approximate surface area is 153 Å². The van der Waals surface area contributed by atoms with Gasteiger partial charge in [-0.05, 0) is 18.2 Å². The lowest BCUT2D eigenvalue weighted by Crippen LogP contribution is -2.36. The van der Waals surface area contributed by atoms with Gasteiger partial charge >= 0.3 is 0 Å². The summed E-state index contributed by atoms with van der Waals surface area (Å²) in [4.78, 5) is 5.96. The first-order chi connectivity index (χ1) is 11.4. The van der Waals surface area contributed by atoms with E-state index >= 15 is 0 Å². The van der Waals surface area contributed by atoms with E-state index in [4.69, 9.17) is 16.3 Å². The third-order valence-corrected chi connectivity index (χ3v) is 5.99. The number of aryl methyl sites for hydroxylation is 1. The smallest absolute Gasteiger partial charge is 0.282 e. The molecule has 0 atom stereocenters. The van der Waals surface area contributed by atoms with Gasteiger partial charge in [-0.15, -0.1) is 0 Å². The van der Waals surface area contributed by atoms with Crippen molar-refractivity contribution < 1.29 is 13.2 Å². The van der Waals surface area contributed by atoms with Crippen LogP contribution in [0, 0.1) is 0 Å². The Kier molecular flexibility index (Phi) is 5.05. The average Bonchev–Trinajstić information content (AvgIpc) is 2.88. The van der Waals surface area contributed by atoms with Gasteiger partial charge in [0.2, 0.25) is 5.03 Å². The molecule has 0 radical (unpaired) electrons. The monoisotopic (exact) mass is 434 g/mol. The lowest BCUT2D eigenvalue weighted by Gasteiger charge is -2.30. The molecule has 10 heteroatoms. The van der Waals surface area contributed by atoms with E-state index in [1.54, 1.807) is 13.1 Å². The maximum Gasteiger partial charge on any atom is 0.282 e. The molecular formula is C14H16BrClN4O3S. The molecule has 0 saturated carbocycles. The molecule has 1 fully saturated rings. The number of hydrogen-bond donors (Lipinski definition) is 1. The molecule has 0 unspecified atom stereocenters. The summed E-state index contributed by atoms with van der Waals surface area (Å²) < 4.78 is 35.5. The third kappa shape index (κ3) is 3.53. The highest BCUT2D eigenvalue weighted by Crippen LogP contribution is 2.32. The van der Waals surface area contributed by atoms with Crippen LogP contribution < -0.4 is 9.62 Å². The number of sulfonamides is 1. The standard InChI is InChI=1S/C14H16BrClN4O3S/c1-19-9-17-14(13(19)16)24(21,22)18-11-8-10(15)2-3-12(11)20-4-6-23-7-5-20/h2-3,8-9,18H,4-7H2,1H3. The van der Waals surface area contributed by atoms with Gasteiger partial charge in [-0.3, -0.25) is 4.72 Å². The molecule has 0 bridgehead atoms. The molecule has 1 aliphatic rings. The van der Waals surface area contributed by atoms with Gasteiger partial charge in [-0.2, -0.15) is 8.42 Å². The number of morpholine rings is 1. The van der Waals surface area contributed by atoms with Crippen LogP contribution in [0.3, 0.4) is 0 Å². The van der Waals surface area contributed by atoms with Gasteiger partial charge in [0.05, 0.1) is 30.9 Å². The van der Waals surface area contributed by atoms with E-state index in [1.807, 2.05) is 12.1 Å². The molecule has 0 amide bonds. The normalized spacial score (nSPS) is 15.5. The second-order valence-corrected chi connectivity index (χ2v) is 8.19. The SMILES string of the molecule is Cn1cnc(S(=O)(=O)Nc2cc(Br)ccc2N2CCOCC2)c1Cl. The van der Waals surface area contributed by atoms with E-state index in [0.29, 0.717) is 32.0 Å². The van der Waals surface area contributed by atoms with Gasteiger partial charge in [-0.1, -0.05) is 27.5 Å². The summed E-state index contributed by atoms with van der Waals surface area (Å²) in [5, 5.41) is -0.134. The fourth-order valence-corrected chi connectivity index (χ4v) is 4.30. The number of rotatable bonds is 4. The van der Waals surface area contributed by atoms with Gasteiger partial charge < -0.3 is 14.2 Å². The first kappa shape index (κ1) is 17.5. The zero-order valence-electron chi connectivity index (χ0n) is 12.9. The Balaban J connectivity index is 1.97. The van der Waals surface area contributed by atoms with Gasteiger partial charge in [0.1, 0.15) is 5.15 Å². The largest absolute Gasteiger partial charge is 0.378 e. The average molecular weight is 436 g/mol. The first-order valence-electron chi connectivity index (χ1n) is 7.20. The minimum atomic E-state index is -3.89. The number of halogens is 2. The summed E-state index contributed by atoms with van der Waals surface area (Å²) in [5.74, 6) is 0. The summed E-state index contributed by atoms with van der Waals surface area (Å²) in [5.41, 5.74) is 1.25. The van der Waals surface area contributed by atoms with Gasteiger partial charge in [0.15, 0.2) is 0 Å². The van der Waals surface area contributed by atoms with Crippen molar-refractivity contribution in [3.05, 3.63) is 34.2 Å². The van der Waals surface area contributed by atoms with Crippen molar-refractivity contribution in [2.75, 3.05) is 35.9 Å². The highest BCUT2D eigenvalue weighted by molar-refractivity contribution is 9.10. The van der Waals surface area contributed by atoms with Crippen LogP contribution in [0.2, 0.25) is 5.15 Å². The minimum Gasteiger partial charge on any atom is -0.378 e. The van der Waals surface area contributed by atoms with E-state index in [2.05, 4.69) is 30.5 Å². The van der Waals surface area contributed by atoms with Crippen molar-refractivity contribution in [2.45, 2.75) is 5.03 Å². The van der Waals surface area contributed by atoms with Crippen molar-refractivity contribution in [1.29, 1.82) is 0 Å². The number of nitrogens with zero attached hydrogens (tertiary/aromatic N) is 3. The molecule has 2 aromatic rings. The Morgan fingerprint density at radius 2 is 2.04 bits per heavy atom. The zero-order chi connectivity index (χ0) is 17.3. The van der Waals surface area contributed by atoms with E-state index in [0.717, 1.165) is 10.2 Å². The first-order valence-corrected chi connectivity index (χ1v) is 9.86. The van der Waals surface area contributed by atoms with Crippen LogP contribution in [0.1, 0.15) is 0 Å². The molecule has 2 heterocycles. The zero-order valence-corrected chi connectivity index (χ0v) is 16.0. The topological polar surface area (TPSA) is 76.5 Å². The number of ether oxygens (including phenoxy) is 1. The molecule has 1 aliphatic heterocycles. The lowest BCUT2D eigenvalue weighted by molar-refractivity contribution is 0.123. The highest BCUT2D eigenvalue weighted by atomic mass is 79.9. The van der Waals surface area contributed by atoms with Crippen LogP contribution in [-0.2, 0) is 21.8 Å². The number of aromatic nitrogens is 2. The second-order valence-electron chi connectivity index (χ2n) is 5.32. The van der Waals surface area contributed by atoms with Crippen molar-refractivity contribution in [3.8, 4) is 0 Å². The molecule has 1 N–H and O–H groups in total. The Bertz CT molecular complexity index is 850. The molecule has 0 aliphatic carbocycles. The summed E-state index contributed by atoms with van der Waals surface area (Å²) in [6, 6.07) is 5.46. The molecule has 24 heavy (non-hydrogen) atoms. The fourth-order valence-electron chi connectivity index (χ4n) is 2.44. The quantitative estimate of drug-likeness (QED) is 0.798. The molecule has 1 saturated heterocycles. The number of hydrogen-bond acceptors (Lipinski definition) is 5. The van der Waals surface area contributed by atoms with Crippen LogP contribution >= 0.6 is 27.5 Å². The van der Waals surface area contributed by atoms with Crippen LogP contribution in [0.25, 0.3) is 0 Å².